The van der Waals surface area contributed by atoms with Crippen LogP contribution in [0.1, 0.15) is 40.0 Å². The summed E-state index contributed by atoms with van der Waals surface area (Å²) in [5.41, 5.74) is 10.5. The molecule has 0 aromatic carbocycles. The van der Waals surface area contributed by atoms with Crippen LogP contribution in [0.25, 0.3) is 0 Å². The molecule has 0 radical (unpaired) electrons. The van der Waals surface area contributed by atoms with Crippen molar-refractivity contribution in [2.24, 2.45) is 17.4 Å². The highest BCUT2D eigenvalue weighted by atomic mass is 16.4. The zero-order valence-corrected chi connectivity index (χ0v) is 17.8. The molecule has 13 nitrogen and oxygen atoms in total. The van der Waals surface area contributed by atoms with E-state index in [0.717, 1.165) is 0 Å². The maximum absolute atomic E-state index is 12.6. The molecule has 0 heterocycles. The van der Waals surface area contributed by atoms with E-state index in [2.05, 4.69) is 16.0 Å². The monoisotopic (exact) mass is 447 g/mol. The molecule has 5 unspecified atom stereocenters. The largest absolute Gasteiger partial charge is 0.480 e. The van der Waals surface area contributed by atoms with E-state index in [1.54, 1.807) is 13.8 Å². The van der Waals surface area contributed by atoms with Gasteiger partial charge in [0.1, 0.15) is 24.2 Å². The molecule has 13 heteroatoms. The van der Waals surface area contributed by atoms with Crippen LogP contribution in [0.3, 0.4) is 0 Å². The van der Waals surface area contributed by atoms with E-state index in [0.29, 0.717) is 0 Å². The molecule has 5 atom stereocenters. The van der Waals surface area contributed by atoms with Crippen molar-refractivity contribution in [3.63, 3.8) is 0 Å². The molecule has 0 rings (SSSR count). The SMILES string of the molecule is CC(C)CC(NC(=O)C(NC(=O)C(CCC(N)=O)NC(=O)C(N)CO)C(C)O)C(=O)O. The molecule has 0 saturated heterocycles. The number of hydrogen-bond donors (Lipinski definition) is 8. The van der Waals surface area contributed by atoms with Crippen LogP contribution in [0, 0.1) is 5.92 Å². The smallest absolute Gasteiger partial charge is 0.326 e. The lowest BCUT2D eigenvalue weighted by atomic mass is 10.0. The predicted molar refractivity (Wildman–Crippen MR) is 108 cm³/mol. The molecule has 0 fully saturated rings. The molecule has 0 spiro atoms. The molecule has 4 amide bonds. The third-order valence-corrected chi connectivity index (χ3v) is 4.23. The fourth-order valence-electron chi connectivity index (χ4n) is 2.53. The van der Waals surface area contributed by atoms with Crippen molar-refractivity contribution in [1.29, 1.82) is 0 Å². The lowest BCUT2D eigenvalue weighted by molar-refractivity contribution is -0.143. The average molecular weight is 447 g/mol. The molecule has 0 aromatic rings. The third-order valence-electron chi connectivity index (χ3n) is 4.23. The summed E-state index contributed by atoms with van der Waals surface area (Å²) in [6.07, 6.45) is -1.81. The maximum Gasteiger partial charge on any atom is 0.326 e. The molecule has 178 valence electrons. The number of nitrogens with two attached hydrogens (primary N) is 2. The van der Waals surface area contributed by atoms with Crippen molar-refractivity contribution in [3.05, 3.63) is 0 Å². The first-order valence-electron chi connectivity index (χ1n) is 9.76. The fraction of sp³-hybridized carbons (Fsp3) is 0.722. The second-order valence-corrected chi connectivity index (χ2v) is 7.61. The van der Waals surface area contributed by atoms with Gasteiger partial charge in [0.2, 0.25) is 23.6 Å². The van der Waals surface area contributed by atoms with Gasteiger partial charge in [-0.25, -0.2) is 4.79 Å². The highest BCUT2D eigenvalue weighted by Crippen LogP contribution is 2.07. The van der Waals surface area contributed by atoms with Crippen LogP contribution >= 0.6 is 0 Å². The Hall–Kier alpha value is -2.77. The number of primary amides is 1. The van der Waals surface area contributed by atoms with Gasteiger partial charge in [-0.3, -0.25) is 19.2 Å². The number of aliphatic hydroxyl groups is 2. The Labute approximate surface area is 179 Å². The van der Waals surface area contributed by atoms with Crippen LogP contribution in [0.2, 0.25) is 0 Å². The quantitative estimate of drug-likeness (QED) is 0.132. The lowest BCUT2D eigenvalue weighted by Gasteiger charge is -2.26. The number of nitrogens with one attached hydrogen (secondary N) is 3. The summed E-state index contributed by atoms with van der Waals surface area (Å²) in [5.74, 6) is -4.83. The van der Waals surface area contributed by atoms with E-state index in [1.807, 2.05) is 0 Å². The van der Waals surface area contributed by atoms with Gasteiger partial charge in [-0.1, -0.05) is 13.8 Å². The summed E-state index contributed by atoms with van der Waals surface area (Å²) in [4.78, 5) is 59.5. The van der Waals surface area contributed by atoms with Crippen LogP contribution in [-0.4, -0.2) is 81.8 Å². The summed E-state index contributed by atoms with van der Waals surface area (Å²) in [6.45, 7) is 4.04. The number of carbonyl (C=O) groups is 5. The van der Waals surface area contributed by atoms with Crippen LogP contribution in [0.4, 0.5) is 0 Å². The molecule has 0 aliphatic carbocycles. The van der Waals surface area contributed by atoms with Crippen LogP contribution in [0.5, 0.6) is 0 Å². The Morgan fingerprint density at radius 2 is 1.45 bits per heavy atom. The molecule has 31 heavy (non-hydrogen) atoms. The number of carboxylic acid groups (broad SMARTS) is 1. The molecule has 0 aromatic heterocycles. The van der Waals surface area contributed by atoms with E-state index in [9.17, 15) is 34.2 Å². The summed E-state index contributed by atoms with van der Waals surface area (Å²) in [7, 11) is 0. The van der Waals surface area contributed by atoms with E-state index in [4.69, 9.17) is 16.6 Å². The van der Waals surface area contributed by atoms with Crippen LogP contribution in [0.15, 0.2) is 0 Å². The Morgan fingerprint density at radius 1 is 0.903 bits per heavy atom. The van der Waals surface area contributed by atoms with E-state index >= 15 is 0 Å². The molecule has 10 N–H and O–H groups in total. The Kier molecular flexibility index (Phi) is 12.3. The fourth-order valence-corrected chi connectivity index (χ4v) is 2.53. The predicted octanol–water partition coefficient (Wildman–Crippen LogP) is -3.46. The minimum atomic E-state index is -1.54. The highest BCUT2D eigenvalue weighted by molar-refractivity contribution is 5.94. The Bertz CT molecular complexity index is 655. The van der Waals surface area contributed by atoms with Crippen molar-refractivity contribution in [3.8, 4) is 0 Å². The van der Waals surface area contributed by atoms with E-state index in [1.165, 1.54) is 6.92 Å². The van der Waals surface area contributed by atoms with Crippen molar-refractivity contribution < 1.29 is 39.3 Å². The summed E-state index contributed by atoms with van der Waals surface area (Å²) in [6, 6.07) is -5.45. The minimum Gasteiger partial charge on any atom is -0.480 e. The van der Waals surface area contributed by atoms with Gasteiger partial charge in [-0.15, -0.1) is 0 Å². The number of aliphatic carboxylic acids is 1. The second kappa shape index (κ2) is 13.5. The average Bonchev–Trinajstić information content (AvgIpc) is 2.66. The Balaban J connectivity index is 5.43. The molecule has 0 bridgehead atoms. The van der Waals surface area contributed by atoms with Crippen molar-refractivity contribution in [2.75, 3.05) is 6.61 Å². The topological polar surface area (TPSA) is 234 Å². The Morgan fingerprint density at radius 3 is 1.87 bits per heavy atom. The first-order valence-corrected chi connectivity index (χ1v) is 9.76. The number of aliphatic hydroxyl groups excluding tert-OH is 2. The molecule has 0 aliphatic heterocycles. The van der Waals surface area contributed by atoms with Gasteiger partial charge >= 0.3 is 5.97 Å². The van der Waals surface area contributed by atoms with Crippen molar-refractivity contribution in [2.45, 2.75) is 70.3 Å². The second-order valence-electron chi connectivity index (χ2n) is 7.61. The van der Waals surface area contributed by atoms with E-state index in [-0.39, 0.29) is 25.2 Å². The van der Waals surface area contributed by atoms with Gasteiger partial charge in [-0.2, -0.15) is 0 Å². The van der Waals surface area contributed by atoms with Crippen molar-refractivity contribution >= 4 is 29.6 Å². The van der Waals surface area contributed by atoms with Gasteiger partial charge in [0.25, 0.3) is 0 Å². The van der Waals surface area contributed by atoms with Crippen LogP contribution in [-0.2, 0) is 24.0 Å². The number of carboxylic acids is 1. The van der Waals surface area contributed by atoms with Gasteiger partial charge in [0, 0.05) is 6.42 Å². The number of rotatable bonds is 14. The first-order chi connectivity index (χ1) is 14.3. The molecular weight excluding hydrogens is 414 g/mol. The normalized spacial score (nSPS) is 15.8. The third kappa shape index (κ3) is 10.7. The standard InChI is InChI=1S/C18H33N5O8/c1-8(2)6-12(18(30)31)22-17(29)14(9(3)25)23-16(28)11(4-5-13(20)26)21-15(27)10(19)7-24/h8-12,14,24-25H,4-7,19H2,1-3H3,(H2,20,26)(H,21,27)(H,22,29)(H,23,28)(H,30,31). The summed E-state index contributed by atoms with van der Waals surface area (Å²) < 4.78 is 0. The lowest BCUT2D eigenvalue weighted by Crippen LogP contribution is -2.60. The van der Waals surface area contributed by atoms with Gasteiger partial charge < -0.3 is 42.7 Å². The zero-order chi connectivity index (χ0) is 24.3. The molecule has 0 aliphatic rings. The number of hydrogen-bond acceptors (Lipinski definition) is 8. The molecule has 0 saturated carbocycles. The minimum absolute atomic E-state index is 0.0508. The summed E-state index contributed by atoms with van der Waals surface area (Å²) in [5, 5.41) is 34.9. The number of amides is 4. The zero-order valence-electron chi connectivity index (χ0n) is 17.8. The van der Waals surface area contributed by atoms with Gasteiger partial charge in [-0.05, 0) is 25.7 Å². The van der Waals surface area contributed by atoms with Gasteiger partial charge in [0.05, 0.1) is 12.7 Å². The van der Waals surface area contributed by atoms with E-state index < -0.39 is 66.5 Å². The molecular formula is C18H33N5O8. The number of carbonyl (C=O) groups excluding carboxylic acids is 4. The van der Waals surface area contributed by atoms with Gasteiger partial charge in [0.15, 0.2) is 0 Å². The van der Waals surface area contributed by atoms with Crippen molar-refractivity contribution in [1.82, 2.24) is 16.0 Å². The maximum atomic E-state index is 12.6. The highest BCUT2D eigenvalue weighted by Gasteiger charge is 2.32. The van der Waals surface area contributed by atoms with Crippen LogP contribution < -0.4 is 27.4 Å². The first kappa shape index (κ1) is 28.2. The summed E-state index contributed by atoms with van der Waals surface area (Å²) >= 11 is 0.